The summed E-state index contributed by atoms with van der Waals surface area (Å²) in [7, 11) is 4.92. The number of nitrogens with zero attached hydrogens (tertiary/aromatic N) is 2. The van der Waals surface area contributed by atoms with Crippen LogP contribution in [-0.2, 0) is 7.05 Å². The van der Waals surface area contributed by atoms with Gasteiger partial charge < -0.3 is 19.4 Å². The van der Waals surface area contributed by atoms with Crippen molar-refractivity contribution in [2.75, 3.05) is 14.2 Å². The van der Waals surface area contributed by atoms with Crippen LogP contribution in [0.4, 0.5) is 0 Å². The zero-order chi connectivity index (χ0) is 20.3. The van der Waals surface area contributed by atoms with Gasteiger partial charge >= 0.3 is 0 Å². The normalized spacial score (nSPS) is 11.8. The zero-order valence-corrected chi connectivity index (χ0v) is 17.1. The number of imidazole rings is 1. The number of nitrogens with one attached hydrogen (secondary N) is 1. The highest BCUT2D eigenvalue weighted by Crippen LogP contribution is 2.34. The van der Waals surface area contributed by atoms with E-state index >= 15 is 0 Å². The van der Waals surface area contributed by atoms with Crippen molar-refractivity contribution < 1.29 is 14.3 Å². The van der Waals surface area contributed by atoms with Gasteiger partial charge in [-0.1, -0.05) is 35.3 Å². The van der Waals surface area contributed by atoms with E-state index in [1.165, 1.54) is 19.2 Å². The maximum Gasteiger partial charge on any atom is 0.252 e. The Kier molecular flexibility index (Phi) is 6.11. The molecule has 0 bridgehead atoms. The minimum absolute atomic E-state index is 0.259. The molecular formula is C20H19Cl2N3O3. The molecule has 3 rings (SSSR count). The first-order valence-electron chi connectivity index (χ1n) is 8.39. The maximum absolute atomic E-state index is 13.0. The summed E-state index contributed by atoms with van der Waals surface area (Å²) >= 11 is 12.3. The van der Waals surface area contributed by atoms with Crippen LogP contribution in [0.15, 0.2) is 48.8 Å². The Labute approximate surface area is 173 Å². The molecule has 0 radical (unpaired) electrons. The molecule has 6 nitrogen and oxygen atoms in total. The number of carbonyl (C=O) groups is 1. The van der Waals surface area contributed by atoms with Crippen molar-refractivity contribution in [3.05, 3.63) is 75.8 Å². The van der Waals surface area contributed by atoms with Gasteiger partial charge in [-0.2, -0.15) is 0 Å². The van der Waals surface area contributed by atoms with Crippen molar-refractivity contribution in [2.24, 2.45) is 7.05 Å². The minimum Gasteiger partial charge on any atom is -0.497 e. The van der Waals surface area contributed by atoms with Crippen LogP contribution in [0.1, 0.15) is 27.8 Å². The Balaban J connectivity index is 1.98. The van der Waals surface area contributed by atoms with E-state index in [1.54, 1.807) is 13.3 Å². The molecule has 0 aliphatic heterocycles. The zero-order valence-electron chi connectivity index (χ0n) is 15.6. The monoisotopic (exact) mass is 419 g/mol. The highest BCUT2D eigenvalue weighted by molar-refractivity contribution is 6.37. The number of halogens is 2. The number of hydrogen-bond acceptors (Lipinski definition) is 4. The molecule has 0 saturated heterocycles. The Hall–Kier alpha value is -2.70. The third-order valence-corrected chi connectivity index (χ3v) is 4.85. The van der Waals surface area contributed by atoms with Crippen LogP contribution in [0.3, 0.4) is 0 Å². The Morgan fingerprint density at radius 1 is 1.14 bits per heavy atom. The predicted octanol–water partition coefficient (Wildman–Crippen LogP) is 4.26. The lowest BCUT2D eigenvalue weighted by molar-refractivity contribution is 0.0941. The number of hydrogen-bond donors (Lipinski definition) is 1. The van der Waals surface area contributed by atoms with Crippen molar-refractivity contribution in [3.8, 4) is 11.5 Å². The van der Waals surface area contributed by atoms with Gasteiger partial charge in [0.2, 0.25) is 0 Å². The predicted molar refractivity (Wildman–Crippen MR) is 109 cm³/mol. The van der Waals surface area contributed by atoms with E-state index in [1.807, 2.05) is 42.1 Å². The molecule has 2 aromatic carbocycles. The molecule has 0 saturated carbocycles. The summed E-state index contributed by atoms with van der Waals surface area (Å²) in [6.07, 6.45) is 3.49. The summed E-state index contributed by atoms with van der Waals surface area (Å²) in [5, 5.41) is 3.52. The number of ether oxygens (including phenoxy) is 2. The molecule has 1 aromatic heterocycles. The number of rotatable bonds is 6. The van der Waals surface area contributed by atoms with Crippen LogP contribution in [-0.4, -0.2) is 29.7 Å². The van der Waals surface area contributed by atoms with Gasteiger partial charge in [-0.3, -0.25) is 4.79 Å². The Morgan fingerprint density at radius 3 is 2.43 bits per heavy atom. The third-order valence-electron chi connectivity index (χ3n) is 4.28. The van der Waals surface area contributed by atoms with E-state index in [-0.39, 0.29) is 16.0 Å². The fourth-order valence-electron chi connectivity index (χ4n) is 2.87. The van der Waals surface area contributed by atoms with E-state index in [2.05, 4.69) is 10.3 Å². The Bertz CT molecular complexity index is 981. The molecule has 0 aliphatic rings. The van der Waals surface area contributed by atoms with Crippen molar-refractivity contribution >= 4 is 29.1 Å². The third kappa shape index (κ3) is 4.08. The van der Waals surface area contributed by atoms with E-state index in [9.17, 15) is 4.79 Å². The molecule has 0 fully saturated rings. The topological polar surface area (TPSA) is 65.4 Å². The lowest BCUT2D eigenvalue weighted by Gasteiger charge is -2.20. The quantitative estimate of drug-likeness (QED) is 0.647. The van der Waals surface area contributed by atoms with Gasteiger partial charge in [0.15, 0.2) is 5.75 Å². The minimum atomic E-state index is -0.498. The summed E-state index contributed by atoms with van der Waals surface area (Å²) in [4.78, 5) is 17.3. The smallest absolute Gasteiger partial charge is 0.252 e. The van der Waals surface area contributed by atoms with Crippen LogP contribution in [0.5, 0.6) is 11.5 Å². The lowest BCUT2D eigenvalue weighted by atomic mass is 10.0. The Morgan fingerprint density at radius 2 is 1.86 bits per heavy atom. The molecule has 1 heterocycles. The van der Waals surface area contributed by atoms with E-state index in [0.29, 0.717) is 22.9 Å². The second-order valence-corrected chi connectivity index (χ2v) is 6.87. The van der Waals surface area contributed by atoms with Crippen LogP contribution in [0.2, 0.25) is 10.0 Å². The van der Waals surface area contributed by atoms with Crippen LogP contribution < -0.4 is 14.8 Å². The van der Waals surface area contributed by atoms with Crippen LogP contribution >= 0.6 is 23.2 Å². The van der Waals surface area contributed by atoms with Crippen molar-refractivity contribution in [1.82, 2.24) is 14.9 Å². The number of carbonyl (C=O) groups excluding carboxylic acids is 1. The van der Waals surface area contributed by atoms with Gasteiger partial charge in [-0.25, -0.2) is 4.98 Å². The van der Waals surface area contributed by atoms with Crippen LogP contribution in [0.25, 0.3) is 0 Å². The van der Waals surface area contributed by atoms with Crippen molar-refractivity contribution in [3.63, 3.8) is 0 Å². The van der Waals surface area contributed by atoms with E-state index < -0.39 is 6.04 Å². The molecule has 1 amide bonds. The first kappa shape index (κ1) is 20.0. The molecule has 1 N–H and O–H groups in total. The molecule has 0 aliphatic carbocycles. The summed E-state index contributed by atoms with van der Waals surface area (Å²) < 4.78 is 12.3. The largest absolute Gasteiger partial charge is 0.497 e. The molecule has 0 spiro atoms. The fourth-order valence-corrected chi connectivity index (χ4v) is 3.52. The molecule has 8 heteroatoms. The highest BCUT2D eigenvalue weighted by Gasteiger charge is 2.23. The molecule has 3 aromatic rings. The van der Waals surface area contributed by atoms with Gasteiger partial charge in [0.05, 0.1) is 24.3 Å². The standard InChI is InChI=1S/C20H19Cl2N3O3/c1-25-8-7-23-19(25)17(12-5-4-6-14(9-12)27-2)24-20(26)13-10-15(21)18(28-3)16(22)11-13/h4-11,17H,1-3H3,(H,24,26). The summed E-state index contributed by atoms with van der Waals surface area (Å²) in [5.74, 6) is 1.34. The number of aromatic nitrogens is 2. The van der Waals surface area contributed by atoms with E-state index in [4.69, 9.17) is 32.7 Å². The summed E-state index contributed by atoms with van der Waals surface area (Å²) in [6, 6.07) is 9.98. The van der Waals surface area contributed by atoms with Crippen molar-refractivity contribution in [1.29, 1.82) is 0 Å². The second kappa shape index (κ2) is 8.54. The second-order valence-electron chi connectivity index (χ2n) is 6.05. The molecule has 146 valence electrons. The number of methoxy groups -OCH3 is 2. The highest BCUT2D eigenvalue weighted by atomic mass is 35.5. The maximum atomic E-state index is 13.0. The number of aryl methyl sites for hydroxylation is 1. The van der Waals surface area contributed by atoms with Gasteiger partial charge in [0.1, 0.15) is 17.6 Å². The van der Waals surface area contributed by atoms with Gasteiger partial charge in [-0.05, 0) is 29.8 Å². The van der Waals surface area contributed by atoms with E-state index in [0.717, 1.165) is 5.56 Å². The van der Waals surface area contributed by atoms with Gasteiger partial charge in [0.25, 0.3) is 5.91 Å². The first-order valence-corrected chi connectivity index (χ1v) is 9.15. The van der Waals surface area contributed by atoms with Gasteiger partial charge in [0, 0.05) is 25.0 Å². The summed E-state index contributed by atoms with van der Waals surface area (Å²) in [5.41, 5.74) is 1.14. The summed E-state index contributed by atoms with van der Waals surface area (Å²) in [6.45, 7) is 0. The SMILES string of the molecule is COc1cccc(C(NC(=O)c2cc(Cl)c(OC)c(Cl)c2)c2nccn2C)c1. The molecule has 1 atom stereocenters. The average molecular weight is 420 g/mol. The molecule has 1 unspecified atom stereocenters. The van der Waals surface area contributed by atoms with Crippen molar-refractivity contribution in [2.45, 2.75) is 6.04 Å². The van der Waals surface area contributed by atoms with Crippen LogP contribution in [0, 0.1) is 0 Å². The number of amides is 1. The first-order chi connectivity index (χ1) is 13.4. The fraction of sp³-hybridized carbons (Fsp3) is 0.200. The number of benzene rings is 2. The van der Waals surface area contributed by atoms with Gasteiger partial charge in [-0.15, -0.1) is 0 Å². The molecule has 28 heavy (non-hydrogen) atoms. The molecular weight excluding hydrogens is 401 g/mol. The lowest BCUT2D eigenvalue weighted by Crippen LogP contribution is -2.31. The average Bonchev–Trinajstić information content (AvgIpc) is 3.11.